The first-order valence-electron chi connectivity index (χ1n) is 32.5. The normalized spacial score (nSPS) is 17.3. The van der Waals surface area contributed by atoms with Gasteiger partial charge in [-0.3, -0.25) is 38.6 Å². The third-order valence-corrected chi connectivity index (χ3v) is 21.1. The summed E-state index contributed by atoms with van der Waals surface area (Å²) < 4.78 is 162. The Labute approximate surface area is 598 Å². The van der Waals surface area contributed by atoms with Crippen molar-refractivity contribution in [3.8, 4) is 0 Å². The number of aromatic nitrogens is 2. The highest BCUT2D eigenvalue weighted by molar-refractivity contribution is 9.08. The van der Waals surface area contributed by atoms with E-state index in [4.69, 9.17) is 0 Å². The van der Waals surface area contributed by atoms with Crippen LogP contribution >= 0.6 is 38.6 Å². The number of piperazine rings is 2. The average Bonchev–Trinajstić information content (AvgIpc) is 1.57. The Morgan fingerprint density at radius 3 is 1.32 bits per heavy atom. The molecular weight excluding hydrogens is 1470 g/mol. The maximum absolute atomic E-state index is 15.1. The van der Waals surface area contributed by atoms with Crippen LogP contribution in [0.15, 0.2) is 157 Å². The Hall–Kier alpha value is -9.04. The number of rotatable bonds is 13. The summed E-state index contributed by atoms with van der Waals surface area (Å²) in [4.78, 5) is 99.6. The second kappa shape index (κ2) is 30.0. The fourth-order valence-electron chi connectivity index (χ4n) is 13.5. The molecule has 8 aromatic rings. The molecular formula is C72H63BrF12N10O6S2. The summed E-state index contributed by atoms with van der Waals surface area (Å²) in [6.07, 6.45) is -15.9. The van der Waals surface area contributed by atoms with E-state index in [0.717, 1.165) is 85.0 Å². The number of nitrogens with one attached hydrogen (secondary N) is 1. The Kier molecular flexibility index (Phi) is 21.4. The van der Waals surface area contributed by atoms with E-state index in [2.05, 4.69) is 41.0 Å². The van der Waals surface area contributed by atoms with E-state index in [9.17, 15) is 76.7 Å². The monoisotopic (exact) mass is 1530 g/mol. The molecule has 0 saturated carbocycles. The highest BCUT2D eigenvalue weighted by Gasteiger charge is 2.52. The second-order valence-electron chi connectivity index (χ2n) is 25.6. The summed E-state index contributed by atoms with van der Waals surface area (Å²) in [5, 5.41) is 7.73. The van der Waals surface area contributed by atoms with Crippen LogP contribution in [0.1, 0.15) is 96.0 Å². The SMILES string of the molecule is FC(F)(F)c1cccc(CBr)c1.O=C(c1ccc2c(c1)C(Cc1cccc(C(F)(F)F)c1)(Cc1cccc(C(F)(F)F)c1)C(=O)N2Cc1cccc(C(F)(F)F)c1)N1CC(N2CCN(C(=O)c3nccs3)CC2)C1.O=C1Cc2cc(C(=O)N3CC(N4CCN(C(=O)c5nccs5)CC4)C3)ccc2N1. The summed E-state index contributed by atoms with van der Waals surface area (Å²) >= 11 is 5.72. The van der Waals surface area contributed by atoms with E-state index in [1.54, 1.807) is 39.7 Å². The molecule has 6 aromatic carbocycles. The molecule has 0 bridgehead atoms. The fourth-order valence-corrected chi connectivity index (χ4v) is 15.1. The molecule has 4 fully saturated rings. The molecule has 0 spiro atoms. The third-order valence-electron chi connectivity index (χ3n) is 19.0. The number of fused-ring (bicyclic) bond motifs is 2. The molecule has 6 aliphatic rings. The van der Waals surface area contributed by atoms with Crippen LogP contribution in [-0.4, -0.2) is 165 Å². The van der Waals surface area contributed by atoms with Crippen LogP contribution in [0.2, 0.25) is 0 Å². The highest BCUT2D eigenvalue weighted by atomic mass is 79.9. The first-order chi connectivity index (χ1) is 48.9. The minimum absolute atomic E-state index is 0.00893. The lowest BCUT2D eigenvalue weighted by molar-refractivity contribution is -0.138. The molecule has 6 amide bonds. The standard InChI is InChI=1S/C44H36F9N5O3S.C20H21N5O3S.C8H6BrF3/c45-42(46,47)31-7-1-4-27(18-31)22-41(23-28-5-2-8-32(19-28)43(48,49)50)35-21-30(10-11-36(35)58(40(41)61)24-29-6-3-9-33(20-29)44(51,52)53)38(59)57-25-34(26-57)55-13-15-56(16-14-55)39(60)37-54-12-17-62-37;26-17-10-14-9-13(1-2-16(14)22-17)19(27)25-11-15(12-25)23-4-6-24(7-5-23)20(28)18-21-3-8-29-18;9-5-6-2-1-3-7(4-6)8(10,11)12/h1-12,17-21,34H,13-16,22-26H2;1-3,8-9,15H,4-7,10-12H2,(H,22,26);1-4H,5H2. The molecule has 8 heterocycles. The predicted molar refractivity (Wildman–Crippen MR) is 362 cm³/mol. The topological polar surface area (TPSA) is 163 Å². The summed E-state index contributed by atoms with van der Waals surface area (Å²) in [6, 6.07) is 28.0. The van der Waals surface area contributed by atoms with Crippen molar-refractivity contribution in [3.63, 3.8) is 0 Å². The van der Waals surface area contributed by atoms with Crippen molar-refractivity contribution in [2.24, 2.45) is 0 Å². The lowest BCUT2D eigenvalue weighted by atomic mass is 9.71. The Bertz CT molecular complexity index is 4400. The molecule has 14 rings (SSSR count). The van der Waals surface area contributed by atoms with Gasteiger partial charge in [0.25, 0.3) is 23.6 Å². The Balaban J connectivity index is 0.000000198. The molecule has 0 radical (unpaired) electrons. The molecule has 540 valence electrons. The zero-order chi connectivity index (χ0) is 73.3. The van der Waals surface area contributed by atoms with Crippen molar-refractivity contribution in [1.29, 1.82) is 0 Å². The number of benzene rings is 6. The van der Waals surface area contributed by atoms with Gasteiger partial charge >= 0.3 is 24.7 Å². The number of carbonyl (C=O) groups is 6. The summed E-state index contributed by atoms with van der Waals surface area (Å²) in [5.41, 5.74) is -2.12. The van der Waals surface area contributed by atoms with Crippen molar-refractivity contribution in [3.05, 3.63) is 233 Å². The van der Waals surface area contributed by atoms with Crippen LogP contribution in [0.3, 0.4) is 0 Å². The van der Waals surface area contributed by atoms with Crippen molar-refractivity contribution < 1.29 is 81.5 Å². The van der Waals surface area contributed by atoms with Gasteiger partial charge in [-0.15, -0.1) is 22.7 Å². The average molecular weight is 1540 g/mol. The van der Waals surface area contributed by atoms with Crippen LogP contribution in [0.4, 0.5) is 64.1 Å². The van der Waals surface area contributed by atoms with Gasteiger partial charge in [-0.05, 0) is 113 Å². The van der Waals surface area contributed by atoms with Gasteiger partial charge in [0, 0.05) is 142 Å². The van der Waals surface area contributed by atoms with Crippen molar-refractivity contribution in [1.82, 2.24) is 39.4 Å². The molecule has 1 N–H and O–H groups in total. The Morgan fingerprint density at radius 2 is 0.893 bits per heavy atom. The predicted octanol–water partition coefficient (Wildman–Crippen LogP) is 13.3. The zero-order valence-electron chi connectivity index (χ0n) is 54.4. The smallest absolute Gasteiger partial charge is 0.335 e. The Morgan fingerprint density at radius 1 is 0.485 bits per heavy atom. The first-order valence-corrected chi connectivity index (χ1v) is 35.3. The molecule has 0 aliphatic carbocycles. The van der Waals surface area contributed by atoms with E-state index in [1.165, 1.54) is 76.1 Å². The quantitative estimate of drug-likeness (QED) is 0.0868. The van der Waals surface area contributed by atoms with Gasteiger partial charge in [-0.1, -0.05) is 82.7 Å². The maximum atomic E-state index is 15.1. The molecule has 103 heavy (non-hydrogen) atoms. The number of alkyl halides is 13. The van der Waals surface area contributed by atoms with Crippen LogP contribution < -0.4 is 10.2 Å². The van der Waals surface area contributed by atoms with Gasteiger partial charge < -0.3 is 29.8 Å². The summed E-state index contributed by atoms with van der Waals surface area (Å²) in [7, 11) is 0. The number of likely N-dealkylation sites (tertiary alicyclic amines) is 2. The summed E-state index contributed by atoms with van der Waals surface area (Å²) in [5.74, 6) is -1.36. The number of nitrogens with zero attached hydrogens (tertiary/aromatic N) is 9. The van der Waals surface area contributed by atoms with E-state index >= 15 is 4.79 Å². The van der Waals surface area contributed by atoms with E-state index in [1.807, 2.05) is 27.3 Å². The van der Waals surface area contributed by atoms with Gasteiger partial charge in [0.1, 0.15) is 0 Å². The molecule has 16 nitrogen and oxygen atoms in total. The van der Waals surface area contributed by atoms with Gasteiger partial charge in [0.2, 0.25) is 11.8 Å². The third kappa shape index (κ3) is 16.6. The largest absolute Gasteiger partial charge is 0.416 e. The van der Waals surface area contributed by atoms with E-state index in [-0.39, 0.29) is 63.2 Å². The van der Waals surface area contributed by atoms with Gasteiger partial charge in [-0.2, -0.15) is 52.7 Å². The lowest BCUT2D eigenvalue weighted by Crippen LogP contribution is -2.64. The van der Waals surface area contributed by atoms with E-state index < -0.39 is 83.6 Å². The van der Waals surface area contributed by atoms with E-state index in [0.29, 0.717) is 104 Å². The van der Waals surface area contributed by atoms with Crippen molar-refractivity contribution in [2.45, 2.75) is 73.3 Å². The number of thiazole rings is 2. The first kappa shape index (κ1) is 73.7. The number of amides is 6. The minimum atomic E-state index is -4.78. The molecule has 2 aromatic heterocycles. The number of carbonyl (C=O) groups excluding carboxylic acids is 6. The number of halogens is 13. The number of hydrogen-bond donors (Lipinski definition) is 1. The molecule has 6 aliphatic heterocycles. The van der Waals surface area contributed by atoms with Gasteiger partial charge in [0.15, 0.2) is 10.0 Å². The zero-order valence-corrected chi connectivity index (χ0v) is 57.6. The van der Waals surface area contributed by atoms with Gasteiger partial charge in [0.05, 0.1) is 40.6 Å². The number of anilines is 2. The van der Waals surface area contributed by atoms with Gasteiger partial charge in [-0.25, -0.2) is 9.97 Å². The van der Waals surface area contributed by atoms with Crippen LogP contribution in [0.5, 0.6) is 0 Å². The van der Waals surface area contributed by atoms with Crippen LogP contribution in [-0.2, 0) is 70.8 Å². The second-order valence-corrected chi connectivity index (χ2v) is 28.0. The molecule has 31 heteroatoms. The van der Waals surface area contributed by atoms with Crippen molar-refractivity contribution in [2.75, 3.05) is 88.8 Å². The minimum Gasteiger partial charge on any atom is -0.335 e. The van der Waals surface area contributed by atoms with Crippen molar-refractivity contribution >= 4 is 85.4 Å². The fraction of sp³-hybridized carbons (Fsp3) is 0.333. The summed E-state index contributed by atoms with van der Waals surface area (Å²) in [6.45, 7) is 6.73. The number of hydrogen-bond acceptors (Lipinski definition) is 12. The highest BCUT2D eigenvalue weighted by Crippen LogP contribution is 2.49. The molecule has 0 unspecified atom stereocenters. The van der Waals surface area contributed by atoms with Crippen LogP contribution in [0.25, 0.3) is 0 Å². The van der Waals surface area contributed by atoms with Crippen LogP contribution in [0, 0.1) is 0 Å². The maximum Gasteiger partial charge on any atom is 0.416 e. The molecule has 0 atom stereocenters. The molecule has 4 saturated heterocycles. The lowest BCUT2D eigenvalue weighted by Gasteiger charge is -2.48.